The summed E-state index contributed by atoms with van der Waals surface area (Å²) in [4.78, 5) is 11.2. The van der Waals surface area contributed by atoms with Crippen molar-refractivity contribution in [2.24, 2.45) is 11.8 Å². The summed E-state index contributed by atoms with van der Waals surface area (Å²) in [5.74, 6) is 2.23. The molecule has 0 atom stereocenters. The summed E-state index contributed by atoms with van der Waals surface area (Å²) in [6.07, 6.45) is 3.85. The average molecular weight is 557 g/mol. The van der Waals surface area contributed by atoms with Crippen LogP contribution in [0.25, 0.3) is 10.9 Å². The number of hydrogen-bond acceptors (Lipinski definition) is 6. The second-order valence-corrected chi connectivity index (χ2v) is 12.1. The van der Waals surface area contributed by atoms with Crippen LogP contribution < -0.4 is 14.9 Å². The standard InChI is InChI=1S/C24H28Cl3N5O2S/c1-32(2)23-18-5-3-4-6-21(18)30-24(31-23)28-13-15-7-9-16(10-8-15)14-29-35(33,34)22-19(26)11-17(25)12-20(22)27/h3-6,11-12,15-16,29H,7-10,13-14H2,1-2H3,(H,28,30,31)/t15-,16-. The molecular weight excluding hydrogens is 529 g/mol. The van der Waals surface area contributed by atoms with Gasteiger partial charge in [-0.25, -0.2) is 18.1 Å². The van der Waals surface area contributed by atoms with Gasteiger partial charge < -0.3 is 10.2 Å². The zero-order chi connectivity index (χ0) is 25.2. The van der Waals surface area contributed by atoms with Gasteiger partial charge in [-0.3, -0.25) is 0 Å². The minimum absolute atomic E-state index is 0.0121. The molecule has 11 heteroatoms. The fraction of sp³-hybridized carbons (Fsp3) is 0.417. The molecule has 1 heterocycles. The Balaban J connectivity index is 1.31. The number of nitrogens with one attached hydrogen (secondary N) is 2. The Morgan fingerprint density at radius 1 is 0.943 bits per heavy atom. The summed E-state index contributed by atoms with van der Waals surface area (Å²) in [6.45, 7) is 1.12. The third-order valence-corrected chi connectivity index (χ3v) is 8.88. The molecule has 2 aromatic carbocycles. The van der Waals surface area contributed by atoms with Gasteiger partial charge in [0.05, 0.1) is 15.6 Å². The van der Waals surface area contributed by atoms with Crippen molar-refractivity contribution in [1.29, 1.82) is 0 Å². The van der Waals surface area contributed by atoms with Gasteiger partial charge in [0.15, 0.2) is 0 Å². The number of para-hydroxylation sites is 1. The quantitative estimate of drug-likeness (QED) is 0.362. The molecule has 1 aliphatic carbocycles. The number of sulfonamides is 1. The monoisotopic (exact) mass is 555 g/mol. The van der Waals surface area contributed by atoms with Crippen LogP contribution in [-0.2, 0) is 10.0 Å². The second kappa shape index (κ2) is 11.0. The van der Waals surface area contributed by atoms with Crippen LogP contribution in [0, 0.1) is 11.8 Å². The number of fused-ring (bicyclic) bond motifs is 1. The summed E-state index contributed by atoms with van der Waals surface area (Å²) in [5, 5.41) is 4.75. The van der Waals surface area contributed by atoms with Crippen molar-refractivity contribution in [2.75, 3.05) is 37.4 Å². The molecule has 1 aliphatic rings. The number of hydrogen-bond donors (Lipinski definition) is 2. The zero-order valence-corrected chi connectivity index (χ0v) is 22.6. The fourth-order valence-corrected chi connectivity index (χ4v) is 7.10. The Hall–Kier alpha value is -1.84. The zero-order valence-electron chi connectivity index (χ0n) is 19.6. The molecule has 4 rings (SSSR count). The number of anilines is 2. The maximum atomic E-state index is 12.8. The number of rotatable bonds is 8. The van der Waals surface area contributed by atoms with Gasteiger partial charge in [-0.05, 0) is 61.8 Å². The predicted molar refractivity (Wildman–Crippen MR) is 144 cm³/mol. The molecule has 1 fully saturated rings. The normalized spacial score (nSPS) is 18.5. The lowest BCUT2D eigenvalue weighted by Gasteiger charge is -2.29. The van der Waals surface area contributed by atoms with Crippen LogP contribution in [0.4, 0.5) is 11.8 Å². The molecule has 0 unspecified atom stereocenters. The Kier molecular flexibility index (Phi) is 8.28. The van der Waals surface area contributed by atoms with E-state index in [9.17, 15) is 8.42 Å². The highest BCUT2D eigenvalue weighted by Gasteiger charge is 2.26. The third-order valence-electron chi connectivity index (χ3n) is 6.32. The predicted octanol–water partition coefficient (Wildman–Crippen LogP) is 5.85. The number of benzene rings is 2. The van der Waals surface area contributed by atoms with Crippen LogP contribution >= 0.6 is 34.8 Å². The van der Waals surface area contributed by atoms with Crippen molar-refractivity contribution in [2.45, 2.75) is 30.6 Å². The van der Waals surface area contributed by atoms with Crippen molar-refractivity contribution >= 4 is 67.5 Å². The summed E-state index contributed by atoms with van der Waals surface area (Å²) >= 11 is 18.1. The molecule has 0 saturated heterocycles. The highest BCUT2D eigenvalue weighted by Crippen LogP contribution is 2.34. The Bertz CT molecular complexity index is 1290. The van der Waals surface area contributed by atoms with Crippen LogP contribution in [0.1, 0.15) is 25.7 Å². The lowest BCUT2D eigenvalue weighted by atomic mass is 9.82. The van der Waals surface area contributed by atoms with Gasteiger partial charge in [0.2, 0.25) is 16.0 Å². The molecule has 188 valence electrons. The van der Waals surface area contributed by atoms with Crippen LogP contribution in [0.2, 0.25) is 15.1 Å². The van der Waals surface area contributed by atoms with E-state index in [-0.39, 0.29) is 25.9 Å². The molecule has 2 N–H and O–H groups in total. The minimum Gasteiger partial charge on any atom is -0.362 e. The van der Waals surface area contributed by atoms with Gasteiger partial charge in [-0.1, -0.05) is 46.9 Å². The summed E-state index contributed by atoms with van der Waals surface area (Å²) in [6, 6.07) is 10.7. The van der Waals surface area contributed by atoms with Gasteiger partial charge >= 0.3 is 0 Å². The summed E-state index contributed by atoms with van der Waals surface area (Å²) in [5.41, 5.74) is 0.908. The molecule has 35 heavy (non-hydrogen) atoms. The fourth-order valence-electron chi connectivity index (χ4n) is 4.44. The molecule has 7 nitrogen and oxygen atoms in total. The molecule has 0 radical (unpaired) electrons. The van der Waals surface area contributed by atoms with E-state index in [2.05, 4.69) is 15.0 Å². The maximum Gasteiger partial charge on any atom is 0.243 e. The minimum atomic E-state index is -3.83. The Morgan fingerprint density at radius 3 is 2.17 bits per heavy atom. The van der Waals surface area contributed by atoms with E-state index < -0.39 is 10.0 Å². The van der Waals surface area contributed by atoms with Crippen LogP contribution in [0.15, 0.2) is 41.3 Å². The summed E-state index contributed by atoms with van der Waals surface area (Å²) < 4.78 is 28.2. The molecule has 3 aromatic rings. The van der Waals surface area contributed by atoms with Crippen LogP contribution in [0.5, 0.6) is 0 Å². The number of halogens is 3. The van der Waals surface area contributed by atoms with Crippen molar-refractivity contribution in [1.82, 2.24) is 14.7 Å². The smallest absolute Gasteiger partial charge is 0.243 e. The lowest BCUT2D eigenvalue weighted by molar-refractivity contribution is 0.284. The third kappa shape index (κ3) is 6.30. The van der Waals surface area contributed by atoms with E-state index in [0.717, 1.165) is 48.9 Å². The average Bonchev–Trinajstić information content (AvgIpc) is 2.80. The first-order valence-electron chi connectivity index (χ1n) is 11.5. The Morgan fingerprint density at radius 2 is 1.54 bits per heavy atom. The first-order valence-corrected chi connectivity index (χ1v) is 14.1. The van der Waals surface area contributed by atoms with Crippen molar-refractivity contribution in [3.8, 4) is 0 Å². The molecule has 1 saturated carbocycles. The molecule has 0 amide bonds. The molecule has 0 spiro atoms. The van der Waals surface area contributed by atoms with E-state index >= 15 is 0 Å². The van der Waals surface area contributed by atoms with E-state index in [1.807, 2.05) is 43.3 Å². The van der Waals surface area contributed by atoms with E-state index in [4.69, 9.17) is 39.8 Å². The second-order valence-electron chi connectivity index (χ2n) is 9.10. The van der Waals surface area contributed by atoms with Gasteiger partial charge in [-0.2, -0.15) is 4.98 Å². The molecule has 0 bridgehead atoms. The van der Waals surface area contributed by atoms with Crippen molar-refractivity contribution in [3.63, 3.8) is 0 Å². The number of nitrogens with zero attached hydrogens (tertiary/aromatic N) is 3. The van der Waals surface area contributed by atoms with Gasteiger partial charge in [0, 0.05) is 37.6 Å². The molecule has 0 aliphatic heterocycles. The van der Waals surface area contributed by atoms with Crippen LogP contribution in [0.3, 0.4) is 0 Å². The van der Waals surface area contributed by atoms with Gasteiger partial charge in [0.25, 0.3) is 0 Å². The van der Waals surface area contributed by atoms with E-state index in [1.54, 1.807) is 0 Å². The van der Waals surface area contributed by atoms with Crippen molar-refractivity contribution < 1.29 is 8.42 Å². The molecule has 1 aromatic heterocycles. The highest BCUT2D eigenvalue weighted by atomic mass is 35.5. The summed E-state index contributed by atoms with van der Waals surface area (Å²) in [7, 11) is 0.118. The van der Waals surface area contributed by atoms with E-state index in [0.29, 0.717) is 18.4 Å². The largest absolute Gasteiger partial charge is 0.362 e. The molecular formula is C24H28Cl3N5O2S. The SMILES string of the molecule is CN(C)c1nc(NC[C@H]2CC[C@H](CNS(=O)(=O)c3c(Cl)cc(Cl)cc3Cl)CC2)nc2ccccc12. The Labute approximate surface area is 221 Å². The number of aromatic nitrogens is 2. The van der Waals surface area contributed by atoms with Gasteiger partial charge in [-0.15, -0.1) is 0 Å². The maximum absolute atomic E-state index is 12.8. The lowest BCUT2D eigenvalue weighted by Crippen LogP contribution is -2.32. The first kappa shape index (κ1) is 26.2. The first-order chi connectivity index (χ1) is 16.6. The van der Waals surface area contributed by atoms with E-state index in [1.165, 1.54) is 12.1 Å². The highest BCUT2D eigenvalue weighted by molar-refractivity contribution is 7.89. The van der Waals surface area contributed by atoms with Crippen LogP contribution in [-0.4, -0.2) is 45.6 Å². The van der Waals surface area contributed by atoms with Crippen molar-refractivity contribution in [3.05, 3.63) is 51.5 Å². The van der Waals surface area contributed by atoms with Gasteiger partial charge in [0.1, 0.15) is 10.7 Å². The topological polar surface area (TPSA) is 87.2 Å².